The number of hydrogen-bond acceptors (Lipinski definition) is 4. The Bertz CT molecular complexity index is 591. The van der Waals surface area contributed by atoms with Crippen molar-refractivity contribution in [2.45, 2.75) is 44.0 Å². The minimum absolute atomic E-state index is 0.145. The summed E-state index contributed by atoms with van der Waals surface area (Å²) < 4.78 is 27.4. The minimum Gasteiger partial charge on any atom is -0.329 e. The molecule has 20 heavy (non-hydrogen) atoms. The first kappa shape index (κ1) is 16.6. The molecular formula is C14H21N3O2S. The smallest absolute Gasteiger partial charge is 0.241 e. The summed E-state index contributed by atoms with van der Waals surface area (Å²) >= 11 is 0. The predicted molar refractivity (Wildman–Crippen MR) is 78.6 cm³/mol. The molecule has 0 bridgehead atoms. The van der Waals surface area contributed by atoms with E-state index in [1.807, 2.05) is 13.0 Å². The van der Waals surface area contributed by atoms with Crippen molar-refractivity contribution in [3.63, 3.8) is 0 Å². The van der Waals surface area contributed by atoms with Gasteiger partial charge >= 0.3 is 0 Å². The number of aryl methyl sites for hydroxylation is 1. The molecule has 0 heterocycles. The van der Waals surface area contributed by atoms with Crippen molar-refractivity contribution in [3.8, 4) is 6.07 Å². The SMILES string of the molecule is CCCCC(CN)NS(=O)(=O)c1cc(C#N)ccc1C. The highest BCUT2D eigenvalue weighted by molar-refractivity contribution is 7.89. The monoisotopic (exact) mass is 295 g/mol. The first-order valence-electron chi connectivity index (χ1n) is 6.67. The van der Waals surface area contributed by atoms with Crippen LogP contribution in [0.4, 0.5) is 0 Å². The molecule has 0 amide bonds. The Hall–Kier alpha value is -1.42. The molecule has 1 unspecified atom stereocenters. The Morgan fingerprint density at radius 3 is 2.70 bits per heavy atom. The topological polar surface area (TPSA) is 96.0 Å². The lowest BCUT2D eigenvalue weighted by Crippen LogP contribution is -2.40. The lowest BCUT2D eigenvalue weighted by Gasteiger charge is -2.17. The van der Waals surface area contributed by atoms with Crippen LogP contribution in [-0.4, -0.2) is 21.0 Å². The zero-order valence-electron chi connectivity index (χ0n) is 11.9. The number of benzene rings is 1. The minimum atomic E-state index is -3.65. The second kappa shape index (κ2) is 7.39. The molecular weight excluding hydrogens is 274 g/mol. The number of nitriles is 1. The zero-order chi connectivity index (χ0) is 15.2. The van der Waals surface area contributed by atoms with Crippen LogP contribution >= 0.6 is 0 Å². The average Bonchev–Trinajstić information content (AvgIpc) is 2.43. The molecule has 0 aliphatic heterocycles. The highest BCUT2D eigenvalue weighted by Crippen LogP contribution is 2.17. The highest BCUT2D eigenvalue weighted by atomic mass is 32.2. The summed E-state index contributed by atoms with van der Waals surface area (Å²) in [6.07, 6.45) is 2.62. The first-order chi connectivity index (χ1) is 9.44. The van der Waals surface area contributed by atoms with Gasteiger partial charge in [-0.25, -0.2) is 13.1 Å². The average molecular weight is 295 g/mol. The number of nitrogens with zero attached hydrogens (tertiary/aromatic N) is 1. The summed E-state index contributed by atoms with van der Waals surface area (Å²) in [5, 5.41) is 8.88. The fourth-order valence-corrected chi connectivity index (χ4v) is 3.47. The van der Waals surface area contributed by atoms with Crippen molar-refractivity contribution < 1.29 is 8.42 Å². The maximum atomic E-state index is 12.4. The molecule has 1 atom stereocenters. The molecule has 0 spiro atoms. The van der Waals surface area contributed by atoms with E-state index in [0.29, 0.717) is 17.5 Å². The quantitative estimate of drug-likeness (QED) is 0.799. The van der Waals surface area contributed by atoms with E-state index in [0.717, 1.165) is 12.8 Å². The van der Waals surface area contributed by atoms with Crippen LogP contribution in [0.15, 0.2) is 23.1 Å². The van der Waals surface area contributed by atoms with Gasteiger partial charge in [0.15, 0.2) is 0 Å². The van der Waals surface area contributed by atoms with Gasteiger partial charge in [-0.15, -0.1) is 0 Å². The standard InChI is InChI=1S/C14H21N3O2S/c1-3-4-5-13(10-16)17-20(18,19)14-8-12(9-15)7-6-11(14)2/h6-8,13,17H,3-5,10,16H2,1-2H3. The van der Waals surface area contributed by atoms with Crippen molar-refractivity contribution in [2.75, 3.05) is 6.54 Å². The summed E-state index contributed by atoms with van der Waals surface area (Å²) in [7, 11) is -3.65. The normalized spacial score (nSPS) is 12.9. The highest BCUT2D eigenvalue weighted by Gasteiger charge is 2.21. The summed E-state index contributed by atoms with van der Waals surface area (Å²) in [6, 6.07) is 6.31. The second-order valence-corrected chi connectivity index (χ2v) is 6.47. The lowest BCUT2D eigenvalue weighted by molar-refractivity contribution is 0.516. The lowest BCUT2D eigenvalue weighted by atomic mass is 10.1. The van der Waals surface area contributed by atoms with Gasteiger partial charge in [0.2, 0.25) is 10.0 Å². The Kier molecular flexibility index (Phi) is 6.14. The molecule has 0 saturated carbocycles. The van der Waals surface area contributed by atoms with Crippen molar-refractivity contribution >= 4 is 10.0 Å². The Labute approximate surface area is 120 Å². The number of nitrogens with one attached hydrogen (secondary N) is 1. The summed E-state index contributed by atoms with van der Waals surface area (Å²) in [5.74, 6) is 0. The van der Waals surface area contributed by atoms with Crippen LogP contribution in [0.3, 0.4) is 0 Å². The van der Waals surface area contributed by atoms with E-state index in [4.69, 9.17) is 11.0 Å². The van der Waals surface area contributed by atoms with Gasteiger partial charge in [-0.05, 0) is 31.0 Å². The first-order valence-corrected chi connectivity index (χ1v) is 8.16. The van der Waals surface area contributed by atoms with Gasteiger partial charge < -0.3 is 5.73 Å². The maximum Gasteiger partial charge on any atom is 0.241 e. The molecule has 0 aliphatic rings. The van der Waals surface area contributed by atoms with Gasteiger partial charge in [-0.2, -0.15) is 5.26 Å². The number of nitrogens with two attached hydrogens (primary N) is 1. The van der Waals surface area contributed by atoms with Gasteiger partial charge in [-0.3, -0.25) is 0 Å². The van der Waals surface area contributed by atoms with Crippen LogP contribution in [0, 0.1) is 18.3 Å². The second-order valence-electron chi connectivity index (χ2n) is 4.79. The molecule has 0 radical (unpaired) electrons. The fraction of sp³-hybridized carbons (Fsp3) is 0.500. The van der Waals surface area contributed by atoms with E-state index in [-0.39, 0.29) is 17.5 Å². The number of unbranched alkanes of at least 4 members (excludes halogenated alkanes) is 1. The number of hydrogen-bond donors (Lipinski definition) is 2. The van der Waals surface area contributed by atoms with Crippen LogP contribution in [-0.2, 0) is 10.0 Å². The van der Waals surface area contributed by atoms with Crippen LogP contribution in [0.25, 0.3) is 0 Å². The Morgan fingerprint density at radius 1 is 1.45 bits per heavy atom. The summed E-state index contributed by atoms with van der Waals surface area (Å²) in [6.45, 7) is 4.01. The van der Waals surface area contributed by atoms with E-state index in [1.165, 1.54) is 6.07 Å². The van der Waals surface area contributed by atoms with E-state index in [2.05, 4.69) is 4.72 Å². The summed E-state index contributed by atoms with van der Waals surface area (Å²) in [4.78, 5) is 0.145. The molecule has 0 saturated heterocycles. The molecule has 1 aromatic rings. The van der Waals surface area contributed by atoms with Crippen molar-refractivity contribution in [2.24, 2.45) is 5.73 Å². The van der Waals surface area contributed by atoms with Gasteiger partial charge in [0.05, 0.1) is 16.5 Å². The Morgan fingerprint density at radius 2 is 2.15 bits per heavy atom. The predicted octanol–water partition coefficient (Wildman–Crippen LogP) is 1.66. The van der Waals surface area contributed by atoms with Crippen LogP contribution in [0.5, 0.6) is 0 Å². The molecule has 0 aromatic heterocycles. The van der Waals surface area contributed by atoms with Crippen LogP contribution in [0.2, 0.25) is 0 Å². The van der Waals surface area contributed by atoms with Crippen LogP contribution in [0.1, 0.15) is 37.3 Å². The van der Waals surface area contributed by atoms with Crippen molar-refractivity contribution in [1.29, 1.82) is 5.26 Å². The third-order valence-corrected chi connectivity index (χ3v) is 4.78. The molecule has 3 N–H and O–H groups in total. The molecule has 0 fully saturated rings. The van der Waals surface area contributed by atoms with Crippen molar-refractivity contribution in [3.05, 3.63) is 29.3 Å². The third kappa shape index (κ3) is 4.30. The molecule has 1 rings (SSSR count). The van der Waals surface area contributed by atoms with Gasteiger partial charge in [0, 0.05) is 12.6 Å². The third-order valence-electron chi connectivity index (χ3n) is 3.12. The Balaban J connectivity index is 3.01. The van der Waals surface area contributed by atoms with Gasteiger partial charge in [0.25, 0.3) is 0 Å². The zero-order valence-corrected chi connectivity index (χ0v) is 12.7. The fourth-order valence-electron chi connectivity index (χ4n) is 1.92. The molecule has 6 heteroatoms. The number of sulfonamides is 1. The van der Waals surface area contributed by atoms with E-state index < -0.39 is 10.0 Å². The molecule has 110 valence electrons. The van der Waals surface area contributed by atoms with E-state index in [1.54, 1.807) is 19.1 Å². The van der Waals surface area contributed by atoms with E-state index in [9.17, 15) is 8.42 Å². The molecule has 1 aromatic carbocycles. The van der Waals surface area contributed by atoms with Crippen LogP contribution < -0.4 is 10.5 Å². The largest absolute Gasteiger partial charge is 0.329 e. The van der Waals surface area contributed by atoms with Gasteiger partial charge in [-0.1, -0.05) is 25.8 Å². The van der Waals surface area contributed by atoms with Crippen molar-refractivity contribution in [1.82, 2.24) is 4.72 Å². The molecule has 0 aliphatic carbocycles. The molecule has 5 nitrogen and oxygen atoms in total. The van der Waals surface area contributed by atoms with Gasteiger partial charge in [0.1, 0.15) is 0 Å². The maximum absolute atomic E-state index is 12.4. The summed E-state index contributed by atoms with van der Waals surface area (Å²) in [5.41, 5.74) is 6.55. The van der Waals surface area contributed by atoms with E-state index >= 15 is 0 Å². The number of rotatable bonds is 7.